The van der Waals surface area contributed by atoms with E-state index in [0.717, 1.165) is 54.7 Å². The molecule has 1 aliphatic rings. The van der Waals surface area contributed by atoms with Crippen LogP contribution in [0.5, 0.6) is 0 Å². The zero-order chi connectivity index (χ0) is 23.0. The Bertz CT molecular complexity index is 1030. The number of carbonyl (C=O) groups is 1. The smallest absolute Gasteiger partial charge is 0.241 e. The van der Waals surface area contributed by atoms with E-state index in [2.05, 4.69) is 67.5 Å². The molecular formula is C25H29BrN4O2S. The van der Waals surface area contributed by atoms with E-state index >= 15 is 0 Å². The molecule has 0 bridgehead atoms. The number of aryl methyl sites for hydroxylation is 1. The quantitative estimate of drug-likeness (QED) is 0.299. The normalized spacial score (nSPS) is 15.0. The highest BCUT2D eigenvalue weighted by Gasteiger charge is 2.25. The molecule has 1 N–H and O–H groups in total. The molecule has 0 atom stereocenters. The fraction of sp³-hybridized carbons (Fsp3) is 0.400. The van der Waals surface area contributed by atoms with Gasteiger partial charge in [0.1, 0.15) is 0 Å². The van der Waals surface area contributed by atoms with Crippen LogP contribution in [0.4, 0.5) is 0 Å². The molecular weight excluding hydrogens is 500 g/mol. The van der Waals surface area contributed by atoms with E-state index in [1.807, 2.05) is 36.0 Å². The predicted octanol–water partition coefficient (Wildman–Crippen LogP) is 5.32. The minimum atomic E-state index is 0.0898. The highest BCUT2D eigenvalue weighted by atomic mass is 79.9. The lowest BCUT2D eigenvalue weighted by molar-refractivity contribution is -0.126. The van der Waals surface area contributed by atoms with Crippen molar-refractivity contribution in [3.05, 3.63) is 64.5 Å². The maximum absolute atomic E-state index is 12.5. The zero-order valence-corrected chi connectivity index (χ0v) is 21.2. The van der Waals surface area contributed by atoms with Gasteiger partial charge in [-0.15, -0.1) is 11.8 Å². The number of nitrogens with zero attached hydrogens (tertiary/aromatic N) is 3. The fourth-order valence-electron chi connectivity index (χ4n) is 3.83. The summed E-state index contributed by atoms with van der Waals surface area (Å²) in [6, 6.07) is 16.4. The molecule has 33 heavy (non-hydrogen) atoms. The summed E-state index contributed by atoms with van der Waals surface area (Å²) in [4.78, 5) is 20.6. The van der Waals surface area contributed by atoms with Crippen LogP contribution in [0.2, 0.25) is 0 Å². The molecule has 1 fully saturated rings. The zero-order valence-electron chi connectivity index (χ0n) is 18.8. The lowest BCUT2D eigenvalue weighted by Crippen LogP contribution is -2.40. The van der Waals surface area contributed by atoms with Gasteiger partial charge in [-0.3, -0.25) is 9.69 Å². The van der Waals surface area contributed by atoms with Gasteiger partial charge in [0.25, 0.3) is 0 Å². The Morgan fingerprint density at radius 3 is 2.61 bits per heavy atom. The molecule has 2 heterocycles. The summed E-state index contributed by atoms with van der Waals surface area (Å²) in [5.41, 5.74) is 2.21. The molecule has 6 nitrogen and oxygen atoms in total. The Morgan fingerprint density at radius 1 is 1.15 bits per heavy atom. The summed E-state index contributed by atoms with van der Waals surface area (Å²) < 4.78 is 6.46. The summed E-state index contributed by atoms with van der Waals surface area (Å²) >= 11 is 5.27. The van der Waals surface area contributed by atoms with E-state index in [4.69, 9.17) is 4.52 Å². The van der Waals surface area contributed by atoms with Crippen LogP contribution in [0.3, 0.4) is 0 Å². The Kier molecular flexibility index (Phi) is 8.58. The van der Waals surface area contributed by atoms with E-state index in [0.29, 0.717) is 18.3 Å². The standard InChI is InChI=1S/C25H29BrN4O2S/c1-18-3-9-22(10-4-18)33-16-2-13-27-25(31)20-11-14-30(15-12-20)17-23-28-24(29-32-23)19-5-7-21(26)8-6-19/h3-10,20H,2,11-17H2,1H3,(H,27,31). The van der Waals surface area contributed by atoms with Crippen molar-refractivity contribution >= 4 is 33.6 Å². The number of amides is 1. The molecule has 0 unspecified atom stereocenters. The molecule has 8 heteroatoms. The second kappa shape index (κ2) is 11.8. The molecule has 0 radical (unpaired) electrons. The molecule has 0 aliphatic carbocycles. The molecule has 0 spiro atoms. The highest BCUT2D eigenvalue weighted by Crippen LogP contribution is 2.22. The van der Waals surface area contributed by atoms with Gasteiger partial charge in [0.2, 0.25) is 17.6 Å². The first-order valence-electron chi connectivity index (χ1n) is 11.3. The Hall–Kier alpha value is -2.16. The second-order valence-corrected chi connectivity index (χ2v) is 10.5. The third-order valence-corrected chi connectivity index (χ3v) is 7.42. The topological polar surface area (TPSA) is 71.3 Å². The van der Waals surface area contributed by atoms with Crippen LogP contribution in [0, 0.1) is 12.8 Å². The number of piperidine rings is 1. The summed E-state index contributed by atoms with van der Waals surface area (Å²) in [6.45, 7) is 5.17. The third kappa shape index (κ3) is 7.16. The number of rotatable bonds is 9. The molecule has 1 aliphatic heterocycles. The van der Waals surface area contributed by atoms with Crippen LogP contribution in [-0.4, -0.2) is 46.3 Å². The van der Waals surface area contributed by atoms with Crippen LogP contribution in [0.15, 0.2) is 62.4 Å². The number of hydrogen-bond acceptors (Lipinski definition) is 6. The minimum Gasteiger partial charge on any atom is -0.356 e. The van der Waals surface area contributed by atoms with Crippen molar-refractivity contribution < 1.29 is 9.32 Å². The maximum Gasteiger partial charge on any atom is 0.241 e. The number of hydrogen-bond donors (Lipinski definition) is 1. The van der Waals surface area contributed by atoms with Crippen LogP contribution in [-0.2, 0) is 11.3 Å². The van der Waals surface area contributed by atoms with Crippen molar-refractivity contribution in [2.45, 2.75) is 37.6 Å². The SMILES string of the molecule is Cc1ccc(SCCCNC(=O)C2CCN(Cc3nc(-c4ccc(Br)cc4)no3)CC2)cc1. The number of aromatic nitrogens is 2. The lowest BCUT2D eigenvalue weighted by Gasteiger charge is -2.30. The number of carbonyl (C=O) groups excluding carboxylic acids is 1. The monoisotopic (exact) mass is 528 g/mol. The predicted molar refractivity (Wildman–Crippen MR) is 135 cm³/mol. The molecule has 4 rings (SSSR count). The van der Waals surface area contributed by atoms with Crippen molar-refractivity contribution in [1.29, 1.82) is 0 Å². The molecule has 1 aromatic heterocycles. The van der Waals surface area contributed by atoms with Gasteiger partial charge in [0.05, 0.1) is 6.54 Å². The molecule has 1 amide bonds. The Labute approximate surface area is 207 Å². The minimum absolute atomic E-state index is 0.0898. The first-order chi connectivity index (χ1) is 16.1. The molecule has 0 saturated carbocycles. The van der Waals surface area contributed by atoms with Crippen LogP contribution < -0.4 is 5.32 Å². The van der Waals surface area contributed by atoms with E-state index < -0.39 is 0 Å². The number of likely N-dealkylation sites (tertiary alicyclic amines) is 1. The van der Waals surface area contributed by atoms with E-state index in [-0.39, 0.29) is 11.8 Å². The Balaban J connectivity index is 1.13. The highest BCUT2D eigenvalue weighted by molar-refractivity contribution is 9.10. The number of halogens is 1. The third-order valence-electron chi connectivity index (χ3n) is 5.80. The number of thioether (sulfide) groups is 1. The molecule has 2 aromatic carbocycles. The van der Waals surface area contributed by atoms with Crippen LogP contribution in [0.25, 0.3) is 11.4 Å². The fourth-order valence-corrected chi connectivity index (χ4v) is 4.95. The van der Waals surface area contributed by atoms with Crippen molar-refractivity contribution in [1.82, 2.24) is 20.4 Å². The van der Waals surface area contributed by atoms with Crippen LogP contribution in [0.1, 0.15) is 30.7 Å². The summed E-state index contributed by atoms with van der Waals surface area (Å²) in [5.74, 6) is 2.50. The van der Waals surface area contributed by atoms with Crippen LogP contribution >= 0.6 is 27.7 Å². The average molecular weight is 530 g/mol. The van der Waals surface area contributed by atoms with Gasteiger partial charge >= 0.3 is 0 Å². The maximum atomic E-state index is 12.5. The average Bonchev–Trinajstić information content (AvgIpc) is 3.29. The lowest BCUT2D eigenvalue weighted by atomic mass is 9.96. The van der Waals surface area contributed by atoms with E-state index in [1.54, 1.807) is 0 Å². The van der Waals surface area contributed by atoms with Gasteiger partial charge in [-0.1, -0.05) is 38.8 Å². The van der Waals surface area contributed by atoms with Crippen molar-refractivity contribution in [3.8, 4) is 11.4 Å². The van der Waals surface area contributed by atoms with E-state index in [1.165, 1.54) is 10.5 Å². The molecule has 1 saturated heterocycles. The summed E-state index contributed by atoms with van der Waals surface area (Å²) in [5, 5.41) is 7.23. The van der Waals surface area contributed by atoms with Gasteiger partial charge in [-0.25, -0.2) is 0 Å². The first-order valence-corrected chi connectivity index (χ1v) is 13.1. The summed E-state index contributed by atoms with van der Waals surface area (Å²) in [6.07, 6.45) is 2.69. The molecule has 3 aromatic rings. The van der Waals surface area contributed by atoms with Gasteiger partial charge in [0, 0.05) is 27.4 Å². The molecule has 174 valence electrons. The Morgan fingerprint density at radius 2 is 1.88 bits per heavy atom. The van der Waals surface area contributed by atoms with E-state index in [9.17, 15) is 4.79 Å². The van der Waals surface area contributed by atoms with Gasteiger partial charge < -0.3 is 9.84 Å². The summed E-state index contributed by atoms with van der Waals surface area (Å²) in [7, 11) is 0. The largest absolute Gasteiger partial charge is 0.356 e. The van der Waals surface area contributed by atoms with Gasteiger partial charge in [-0.2, -0.15) is 4.98 Å². The number of nitrogens with one attached hydrogen (secondary N) is 1. The van der Waals surface area contributed by atoms with Crippen molar-refractivity contribution in [3.63, 3.8) is 0 Å². The first kappa shape index (κ1) is 24.0. The second-order valence-electron chi connectivity index (χ2n) is 8.38. The van der Waals surface area contributed by atoms with Gasteiger partial charge in [-0.05, 0) is 81.4 Å². The van der Waals surface area contributed by atoms with Gasteiger partial charge in [0.15, 0.2) is 0 Å². The van der Waals surface area contributed by atoms with Crippen molar-refractivity contribution in [2.24, 2.45) is 5.92 Å². The van der Waals surface area contributed by atoms with Crippen molar-refractivity contribution in [2.75, 3.05) is 25.4 Å². The number of benzene rings is 2.